The Bertz CT molecular complexity index is 663. The summed E-state index contributed by atoms with van der Waals surface area (Å²) in [5.74, 6) is 1.14. The fourth-order valence-corrected chi connectivity index (χ4v) is 3.75. The monoisotopic (exact) mass is 299 g/mol. The van der Waals surface area contributed by atoms with Crippen molar-refractivity contribution in [3.05, 3.63) is 42.1 Å². The summed E-state index contributed by atoms with van der Waals surface area (Å²) in [6.45, 7) is 5.19. The molecule has 0 bridgehead atoms. The summed E-state index contributed by atoms with van der Waals surface area (Å²) in [5.41, 5.74) is 2.44. The Kier molecular flexibility index (Phi) is 4.15. The summed E-state index contributed by atoms with van der Waals surface area (Å²) in [7, 11) is 0. The molecular weight excluding hydrogens is 278 g/mol. The molecule has 1 atom stereocenters. The van der Waals surface area contributed by atoms with Crippen LogP contribution in [0.4, 0.5) is 0 Å². The molecule has 3 rings (SSSR count). The minimum Gasteiger partial charge on any atom is -0.360 e. The molecule has 3 nitrogen and oxygen atoms in total. The van der Waals surface area contributed by atoms with Gasteiger partial charge in [0.25, 0.3) is 0 Å². The number of nitrogens with zero attached hydrogens (tertiary/aromatic N) is 2. The first kappa shape index (κ1) is 14.4. The van der Waals surface area contributed by atoms with Crippen LogP contribution in [0, 0.1) is 0 Å². The van der Waals surface area contributed by atoms with E-state index in [4.69, 9.17) is 4.99 Å². The van der Waals surface area contributed by atoms with Crippen molar-refractivity contribution in [2.45, 2.75) is 38.8 Å². The van der Waals surface area contributed by atoms with Crippen LogP contribution < -0.4 is 5.32 Å². The van der Waals surface area contributed by atoms with E-state index >= 15 is 0 Å². The lowest BCUT2D eigenvalue weighted by Gasteiger charge is -2.35. The third-order valence-electron chi connectivity index (χ3n) is 4.19. The van der Waals surface area contributed by atoms with Gasteiger partial charge in [-0.3, -0.25) is 9.98 Å². The lowest BCUT2D eigenvalue weighted by molar-refractivity contribution is 0.390. The average molecular weight is 299 g/mol. The van der Waals surface area contributed by atoms with Crippen LogP contribution in [-0.4, -0.2) is 21.4 Å². The highest BCUT2D eigenvalue weighted by molar-refractivity contribution is 8.13. The molecule has 1 fully saturated rings. The largest absolute Gasteiger partial charge is 0.360 e. The number of nitrogens with one attached hydrogen (secondary N) is 1. The second-order valence-electron chi connectivity index (χ2n) is 5.75. The van der Waals surface area contributed by atoms with Crippen LogP contribution in [0.3, 0.4) is 0 Å². The second-order valence-corrected chi connectivity index (χ2v) is 6.83. The first-order valence-electron chi connectivity index (χ1n) is 7.48. The molecule has 1 N–H and O–H groups in total. The van der Waals surface area contributed by atoms with E-state index in [0.29, 0.717) is 6.54 Å². The van der Waals surface area contributed by atoms with Gasteiger partial charge >= 0.3 is 0 Å². The van der Waals surface area contributed by atoms with Crippen molar-refractivity contribution < 1.29 is 0 Å². The molecule has 1 aromatic carbocycles. The molecule has 4 heteroatoms. The van der Waals surface area contributed by atoms with Crippen LogP contribution in [0.15, 0.2) is 41.5 Å². The molecule has 1 saturated heterocycles. The Morgan fingerprint density at radius 1 is 1.33 bits per heavy atom. The Morgan fingerprint density at radius 2 is 2.19 bits per heavy atom. The number of hydrogen-bond acceptors (Lipinski definition) is 3. The molecule has 2 heterocycles. The molecule has 0 aliphatic carbocycles. The minimum absolute atomic E-state index is 0.196. The summed E-state index contributed by atoms with van der Waals surface area (Å²) in [6, 6.07) is 10.4. The van der Waals surface area contributed by atoms with Gasteiger partial charge in [-0.1, -0.05) is 43.0 Å². The lowest BCUT2D eigenvalue weighted by Crippen LogP contribution is -2.48. The molecule has 2 aromatic rings. The van der Waals surface area contributed by atoms with Crippen LogP contribution in [0.2, 0.25) is 0 Å². The van der Waals surface area contributed by atoms with Gasteiger partial charge in [-0.05, 0) is 31.4 Å². The van der Waals surface area contributed by atoms with E-state index in [1.165, 1.54) is 17.4 Å². The van der Waals surface area contributed by atoms with Crippen LogP contribution >= 0.6 is 11.8 Å². The summed E-state index contributed by atoms with van der Waals surface area (Å²) in [4.78, 5) is 9.27. The molecule has 110 valence electrons. The number of aromatic nitrogens is 1. The van der Waals surface area contributed by atoms with Crippen molar-refractivity contribution in [2.75, 3.05) is 5.75 Å². The normalized spacial score (nSPS) is 24.2. The number of thioether (sulfide) groups is 1. The summed E-state index contributed by atoms with van der Waals surface area (Å²) in [5, 5.41) is 5.84. The lowest BCUT2D eigenvalue weighted by atomic mass is 9.96. The third kappa shape index (κ3) is 3.21. The quantitative estimate of drug-likeness (QED) is 0.931. The fourth-order valence-electron chi connectivity index (χ4n) is 2.53. The highest BCUT2D eigenvalue weighted by atomic mass is 32.2. The molecule has 0 radical (unpaired) electrons. The topological polar surface area (TPSA) is 37.3 Å². The number of hydrogen-bond donors (Lipinski definition) is 1. The maximum Gasteiger partial charge on any atom is 0.157 e. The number of rotatable bonds is 3. The standard InChI is InChI=1S/C17H21N3S/c1-3-17(2)9-11-21-16(20-17)19-12-14-7-4-6-13-8-5-10-18-15(13)14/h4-8,10H,3,9,11-12H2,1-2H3,(H,19,20). The summed E-state index contributed by atoms with van der Waals surface area (Å²) >= 11 is 1.82. The summed E-state index contributed by atoms with van der Waals surface area (Å²) < 4.78 is 0. The Labute approximate surface area is 130 Å². The van der Waals surface area contributed by atoms with Crippen LogP contribution in [0.25, 0.3) is 10.9 Å². The van der Waals surface area contributed by atoms with E-state index < -0.39 is 0 Å². The first-order chi connectivity index (χ1) is 10.2. The SMILES string of the molecule is CCC1(C)CCSC(=NCc2cccc3cccnc23)N1. The predicted octanol–water partition coefficient (Wildman–Crippen LogP) is 3.99. The number of amidine groups is 1. The van der Waals surface area contributed by atoms with Crippen LogP contribution in [0.5, 0.6) is 0 Å². The van der Waals surface area contributed by atoms with Crippen molar-refractivity contribution in [1.82, 2.24) is 10.3 Å². The van der Waals surface area contributed by atoms with Gasteiger partial charge in [0.15, 0.2) is 5.17 Å². The molecule has 0 spiro atoms. The Hall–Kier alpha value is -1.55. The number of para-hydroxylation sites is 1. The Balaban J connectivity index is 1.81. The molecule has 21 heavy (non-hydrogen) atoms. The van der Waals surface area contributed by atoms with E-state index in [1.54, 1.807) is 0 Å². The van der Waals surface area contributed by atoms with Crippen molar-refractivity contribution in [2.24, 2.45) is 4.99 Å². The minimum atomic E-state index is 0.196. The van der Waals surface area contributed by atoms with Crippen molar-refractivity contribution >= 4 is 27.8 Å². The highest BCUT2D eigenvalue weighted by Crippen LogP contribution is 2.25. The molecule has 0 saturated carbocycles. The van der Waals surface area contributed by atoms with E-state index in [1.807, 2.05) is 24.0 Å². The van der Waals surface area contributed by atoms with Gasteiger partial charge in [-0.2, -0.15) is 0 Å². The van der Waals surface area contributed by atoms with Gasteiger partial charge in [0, 0.05) is 22.9 Å². The van der Waals surface area contributed by atoms with Crippen molar-refractivity contribution in [3.8, 4) is 0 Å². The molecular formula is C17H21N3S. The third-order valence-corrected chi connectivity index (χ3v) is 5.10. The molecule has 1 unspecified atom stereocenters. The van der Waals surface area contributed by atoms with Gasteiger partial charge in [-0.25, -0.2) is 0 Å². The molecule has 1 aliphatic rings. The van der Waals surface area contributed by atoms with E-state index in [0.717, 1.165) is 22.9 Å². The van der Waals surface area contributed by atoms with Gasteiger partial charge in [0.2, 0.25) is 0 Å². The predicted molar refractivity (Wildman–Crippen MR) is 91.8 cm³/mol. The van der Waals surface area contributed by atoms with Gasteiger partial charge in [-0.15, -0.1) is 0 Å². The van der Waals surface area contributed by atoms with Gasteiger partial charge < -0.3 is 5.32 Å². The average Bonchev–Trinajstić information content (AvgIpc) is 2.53. The number of fused-ring (bicyclic) bond motifs is 1. The van der Waals surface area contributed by atoms with Crippen molar-refractivity contribution in [1.29, 1.82) is 0 Å². The number of benzene rings is 1. The van der Waals surface area contributed by atoms with Gasteiger partial charge in [0.1, 0.15) is 0 Å². The highest BCUT2D eigenvalue weighted by Gasteiger charge is 2.27. The zero-order valence-corrected chi connectivity index (χ0v) is 13.4. The van der Waals surface area contributed by atoms with Crippen molar-refractivity contribution in [3.63, 3.8) is 0 Å². The van der Waals surface area contributed by atoms with Gasteiger partial charge in [0.05, 0.1) is 12.1 Å². The fraction of sp³-hybridized carbons (Fsp3) is 0.412. The number of pyridine rings is 1. The smallest absolute Gasteiger partial charge is 0.157 e. The number of aliphatic imine (C=N–C) groups is 1. The second kappa shape index (κ2) is 6.06. The maximum atomic E-state index is 4.78. The molecule has 1 aliphatic heterocycles. The van der Waals surface area contributed by atoms with E-state index in [-0.39, 0.29) is 5.54 Å². The molecule has 1 aromatic heterocycles. The molecule has 0 amide bonds. The maximum absolute atomic E-state index is 4.78. The zero-order valence-electron chi connectivity index (χ0n) is 12.6. The Morgan fingerprint density at radius 3 is 3.05 bits per heavy atom. The first-order valence-corrected chi connectivity index (χ1v) is 8.47. The zero-order chi connectivity index (χ0) is 14.7. The summed E-state index contributed by atoms with van der Waals surface area (Å²) in [6.07, 6.45) is 4.17. The van der Waals surface area contributed by atoms with E-state index in [2.05, 4.69) is 48.4 Å². The van der Waals surface area contributed by atoms with Crippen LogP contribution in [-0.2, 0) is 6.54 Å². The van der Waals surface area contributed by atoms with E-state index in [9.17, 15) is 0 Å². The van der Waals surface area contributed by atoms with Crippen LogP contribution in [0.1, 0.15) is 32.3 Å².